The van der Waals surface area contributed by atoms with Crippen molar-refractivity contribution in [3.05, 3.63) is 97.2 Å². The molecule has 0 fully saturated rings. The highest BCUT2D eigenvalue weighted by molar-refractivity contribution is 5.71. The van der Waals surface area contributed by atoms with Crippen LogP contribution in [0.25, 0.3) is 0 Å². The van der Waals surface area contributed by atoms with Crippen molar-refractivity contribution < 1.29 is 42.9 Å². The van der Waals surface area contributed by atoms with Gasteiger partial charge >= 0.3 is 17.9 Å². The van der Waals surface area contributed by atoms with Gasteiger partial charge in [0.15, 0.2) is 6.10 Å². The molecule has 0 aromatic rings. The molecule has 0 radical (unpaired) electrons. The third-order valence-electron chi connectivity index (χ3n) is 11.6. The predicted octanol–water partition coefficient (Wildman–Crippen LogP) is 16.2. The third kappa shape index (κ3) is 52.0. The number of allylic oxidation sites excluding steroid dienone is 16. The van der Waals surface area contributed by atoms with Crippen LogP contribution in [0.4, 0.5) is 0 Å². The van der Waals surface area contributed by atoms with E-state index in [1.54, 1.807) is 0 Å². The van der Waals surface area contributed by atoms with E-state index in [-0.39, 0.29) is 32.2 Å². The van der Waals surface area contributed by atoms with Crippen molar-refractivity contribution in [1.29, 1.82) is 0 Å². The molecule has 1 N–H and O–H groups in total. The molecule has 0 bridgehead atoms. The Morgan fingerprint density at radius 2 is 0.814 bits per heavy atom. The fraction of sp³-hybridized carbons (Fsp3) is 0.689. The van der Waals surface area contributed by atoms with E-state index in [4.69, 9.17) is 18.9 Å². The molecule has 0 aromatic carbocycles. The molecule has 400 valence electrons. The fourth-order valence-electron chi connectivity index (χ4n) is 7.32. The van der Waals surface area contributed by atoms with Gasteiger partial charge in [0, 0.05) is 12.8 Å². The predicted molar refractivity (Wildman–Crippen MR) is 295 cm³/mol. The van der Waals surface area contributed by atoms with Crippen LogP contribution in [-0.2, 0) is 33.3 Å². The Bertz CT molecular complexity index is 1470. The minimum atomic E-state index is -1.51. The average Bonchev–Trinajstić information content (AvgIpc) is 3.33. The van der Waals surface area contributed by atoms with Gasteiger partial charge < -0.3 is 28.5 Å². The highest BCUT2D eigenvalue weighted by atomic mass is 16.7. The van der Waals surface area contributed by atoms with Crippen LogP contribution in [0.1, 0.15) is 213 Å². The summed E-state index contributed by atoms with van der Waals surface area (Å²) in [5.74, 6) is -2.02. The van der Waals surface area contributed by atoms with E-state index >= 15 is 0 Å². The zero-order valence-corrected chi connectivity index (χ0v) is 45.4. The van der Waals surface area contributed by atoms with Crippen LogP contribution in [0, 0.1) is 0 Å². The smallest absolute Gasteiger partial charge is 0.361 e. The molecule has 0 aliphatic carbocycles. The zero-order valence-electron chi connectivity index (χ0n) is 45.4. The van der Waals surface area contributed by atoms with E-state index in [0.29, 0.717) is 23.9 Å². The second-order valence-electron chi connectivity index (χ2n) is 19.5. The maximum atomic E-state index is 12.8. The summed E-state index contributed by atoms with van der Waals surface area (Å²) in [5, 5.41) is 9.67. The van der Waals surface area contributed by atoms with Gasteiger partial charge in [-0.05, 0) is 77.0 Å². The second-order valence-corrected chi connectivity index (χ2v) is 19.5. The van der Waals surface area contributed by atoms with Crippen LogP contribution in [0.2, 0.25) is 0 Å². The highest BCUT2D eigenvalue weighted by Crippen LogP contribution is 2.15. The van der Waals surface area contributed by atoms with E-state index in [2.05, 4.69) is 111 Å². The number of likely N-dealkylation sites (N-methyl/N-ethyl adjacent to an activating group) is 1. The number of carboxylic acid groups (broad SMARTS) is 1. The van der Waals surface area contributed by atoms with E-state index in [0.717, 1.165) is 96.3 Å². The van der Waals surface area contributed by atoms with E-state index < -0.39 is 24.3 Å². The van der Waals surface area contributed by atoms with Gasteiger partial charge in [-0.2, -0.15) is 0 Å². The van der Waals surface area contributed by atoms with Gasteiger partial charge in [0.1, 0.15) is 13.2 Å². The van der Waals surface area contributed by atoms with E-state index in [9.17, 15) is 19.5 Å². The first-order valence-electron chi connectivity index (χ1n) is 27.9. The molecular formula is C61H104NO8+. The van der Waals surface area contributed by atoms with Crippen molar-refractivity contribution in [3.63, 3.8) is 0 Å². The van der Waals surface area contributed by atoms with Gasteiger partial charge in [-0.1, -0.05) is 220 Å². The number of rotatable bonds is 50. The highest BCUT2D eigenvalue weighted by Gasteiger charge is 2.25. The maximum Gasteiger partial charge on any atom is 0.361 e. The summed E-state index contributed by atoms with van der Waals surface area (Å²) >= 11 is 0. The molecule has 0 saturated heterocycles. The molecule has 0 rings (SSSR count). The molecular weight excluding hydrogens is 875 g/mol. The van der Waals surface area contributed by atoms with E-state index in [1.807, 2.05) is 21.1 Å². The number of hydrogen-bond acceptors (Lipinski definition) is 7. The quantitative estimate of drug-likeness (QED) is 0.0211. The van der Waals surface area contributed by atoms with Gasteiger partial charge in [0.05, 0.1) is 34.4 Å². The number of unbranched alkanes of at least 4 members (excludes halogenated alkanes) is 19. The topological polar surface area (TPSA) is 108 Å². The molecule has 9 heteroatoms. The molecule has 0 aromatic heterocycles. The lowest BCUT2D eigenvalue weighted by atomic mass is 10.0. The Hall–Kier alpha value is -3.79. The monoisotopic (exact) mass is 979 g/mol. The number of carboxylic acids is 1. The normalized spacial score (nSPS) is 13.6. The van der Waals surface area contributed by atoms with Crippen molar-refractivity contribution in [1.82, 2.24) is 0 Å². The Balaban J connectivity index is 4.22. The van der Waals surface area contributed by atoms with Gasteiger partial charge in [-0.3, -0.25) is 9.59 Å². The molecule has 0 aliphatic heterocycles. The molecule has 9 nitrogen and oxygen atoms in total. The summed E-state index contributed by atoms with van der Waals surface area (Å²) in [7, 11) is 5.95. The summed E-state index contributed by atoms with van der Waals surface area (Å²) in [6.45, 7) is 4.74. The van der Waals surface area contributed by atoms with E-state index in [1.165, 1.54) is 83.5 Å². The van der Waals surface area contributed by atoms with Crippen LogP contribution in [0.3, 0.4) is 0 Å². The van der Waals surface area contributed by atoms with Crippen LogP contribution < -0.4 is 0 Å². The largest absolute Gasteiger partial charge is 0.477 e. The Labute approximate surface area is 429 Å². The number of quaternary nitrogens is 1. The molecule has 70 heavy (non-hydrogen) atoms. The average molecular weight is 980 g/mol. The number of nitrogens with zero attached hydrogens (tertiary/aromatic N) is 1. The molecule has 0 amide bonds. The van der Waals surface area contributed by atoms with Crippen molar-refractivity contribution in [2.45, 2.75) is 225 Å². The number of carbonyl (C=O) groups excluding carboxylic acids is 2. The Morgan fingerprint density at radius 3 is 1.21 bits per heavy atom. The summed E-state index contributed by atoms with van der Waals surface area (Å²) in [6.07, 6.45) is 66.2. The lowest BCUT2D eigenvalue weighted by molar-refractivity contribution is -0.870. The molecule has 0 spiro atoms. The molecule has 0 heterocycles. The SMILES string of the molecule is CC/C=C\C/C=C\C/C=C\C/C=C\C/C=C\C/C=C\C/C=C\C/C=C\CCCCCCCCCCC(=O)OC(COC(=O)CCCCCCCCCCCCCC)COC(OCC[N+](C)(C)C)C(=O)O. The Morgan fingerprint density at radius 1 is 0.443 bits per heavy atom. The van der Waals surface area contributed by atoms with Gasteiger partial charge in [0.2, 0.25) is 0 Å². The summed E-state index contributed by atoms with van der Waals surface area (Å²) in [6, 6.07) is 0. The van der Waals surface area contributed by atoms with Crippen LogP contribution in [0.15, 0.2) is 97.2 Å². The van der Waals surface area contributed by atoms with Crippen LogP contribution in [0.5, 0.6) is 0 Å². The van der Waals surface area contributed by atoms with Gasteiger partial charge in [-0.25, -0.2) is 4.79 Å². The summed E-state index contributed by atoms with van der Waals surface area (Å²) < 4.78 is 22.8. The third-order valence-corrected chi connectivity index (χ3v) is 11.6. The lowest BCUT2D eigenvalue weighted by Gasteiger charge is -2.25. The van der Waals surface area contributed by atoms with Crippen LogP contribution >= 0.6 is 0 Å². The zero-order chi connectivity index (χ0) is 51.3. The number of aliphatic carboxylic acids is 1. The number of hydrogen-bond donors (Lipinski definition) is 1. The minimum Gasteiger partial charge on any atom is -0.477 e. The lowest BCUT2D eigenvalue weighted by Crippen LogP contribution is -2.40. The second kappa shape index (κ2) is 51.6. The first-order chi connectivity index (χ1) is 34.1. The number of carbonyl (C=O) groups is 3. The van der Waals surface area contributed by atoms with Gasteiger partial charge in [-0.15, -0.1) is 0 Å². The number of esters is 2. The minimum absolute atomic E-state index is 0.183. The van der Waals surface area contributed by atoms with Crippen molar-refractivity contribution in [3.8, 4) is 0 Å². The van der Waals surface area contributed by atoms with Crippen molar-refractivity contribution >= 4 is 17.9 Å². The summed E-state index contributed by atoms with van der Waals surface area (Å²) in [4.78, 5) is 37.3. The molecule has 2 atom stereocenters. The first kappa shape index (κ1) is 66.2. The first-order valence-corrected chi connectivity index (χ1v) is 27.9. The molecule has 0 saturated carbocycles. The summed E-state index contributed by atoms with van der Waals surface area (Å²) in [5.41, 5.74) is 0. The van der Waals surface area contributed by atoms with Crippen molar-refractivity contribution in [2.24, 2.45) is 0 Å². The van der Waals surface area contributed by atoms with Crippen molar-refractivity contribution in [2.75, 3.05) is 47.5 Å². The molecule has 2 unspecified atom stereocenters. The fourth-order valence-corrected chi connectivity index (χ4v) is 7.32. The maximum absolute atomic E-state index is 12.8. The van der Waals surface area contributed by atoms with Crippen LogP contribution in [-0.4, -0.2) is 87.4 Å². The molecule has 0 aliphatic rings. The Kier molecular flexibility index (Phi) is 48.8. The van der Waals surface area contributed by atoms with Gasteiger partial charge in [0.25, 0.3) is 6.29 Å². The number of ether oxygens (including phenoxy) is 4. The standard InChI is InChI=1S/C61H103NO8/c1-6-8-10-12-14-16-18-20-21-22-23-24-25-26-27-28-29-30-31-32-33-34-35-36-37-38-39-40-42-44-46-48-50-52-59(64)70-57(56-69-61(60(65)66)67-54-53-62(3,4)5)55-68-58(63)51-49-47-45-43-41-19-17-15-13-11-9-7-2/h8,10,14,16,20-21,23-24,26-27,29-30,32-33,35-36,57,61H,6-7,9,11-13,15,17-19,22,25,28,31,34,37-56H2,1-5H3/p+1/b10-8-,16-14-,21-20-,24-23-,27-26-,30-29-,33-32-,36-35-.